The molecule has 2 rings (SSSR count). The predicted molar refractivity (Wildman–Crippen MR) is 43.8 cm³/mol. The summed E-state index contributed by atoms with van der Waals surface area (Å²) in [5.74, 6) is 0.624. The number of hydrogen-bond donors (Lipinski definition) is 1. The van der Waals surface area contributed by atoms with Gasteiger partial charge in [-0.15, -0.1) is 0 Å². The minimum atomic E-state index is 0.624. The highest BCUT2D eigenvalue weighted by Gasteiger charge is 2.15. The second-order valence-electron chi connectivity index (χ2n) is 3.01. The first-order valence-electron chi connectivity index (χ1n) is 3.68. The van der Waals surface area contributed by atoms with E-state index in [1.54, 1.807) is 0 Å². The number of aromatic nitrogens is 1. The number of fused-ring (bicyclic) bond motifs is 1. The van der Waals surface area contributed by atoms with Crippen molar-refractivity contribution in [2.45, 2.75) is 13.1 Å². The number of nitrogen functional groups attached to an aromatic ring is 1. The molecule has 2 N–H and O–H groups in total. The molecule has 1 aromatic heterocycles. The van der Waals surface area contributed by atoms with Crippen molar-refractivity contribution in [3.05, 3.63) is 23.4 Å². The van der Waals surface area contributed by atoms with Gasteiger partial charge in [-0.1, -0.05) is 6.07 Å². The Morgan fingerprint density at radius 3 is 3.09 bits per heavy atom. The largest absolute Gasteiger partial charge is 0.384 e. The summed E-state index contributed by atoms with van der Waals surface area (Å²) < 4.78 is 0. The minimum absolute atomic E-state index is 0.624. The van der Waals surface area contributed by atoms with Gasteiger partial charge in [0.2, 0.25) is 0 Å². The summed E-state index contributed by atoms with van der Waals surface area (Å²) in [7, 11) is 2.08. The maximum absolute atomic E-state index is 5.55. The number of nitrogens with zero attached hydrogens (tertiary/aromatic N) is 2. The van der Waals surface area contributed by atoms with Gasteiger partial charge in [-0.2, -0.15) is 0 Å². The molecule has 1 aromatic rings. The fraction of sp³-hybridized carbons (Fsp3) is 0.375. The summed E-state index contributed by atoms with van der Waals surface area (Å²) in [5, 5.41) is 0. The molecule has 0 aromatic carbocycles. The molecule has 0 spiro atoms. The normalized spacial score (nSPS) is 16.8. The lowest BCUT2D eigenvalue weighted by Gasteiger charge is -2.01. The molecule has 0 aliphatic carbocycles. The Morgan fingerprint density at radius 1 is 1.45 bits per heavy atom. The van der Waals surface area contributed by atoms with Crippen LogP contribution in [-0.4, -0.2) is 16.9 Å². The molecule has 58 valence electrons. The molecule has 1 aliphatic rings. The Morgan fingerprint density at radius 2 is 2.27 bits per heavy atom. The topological polar surface area (TPSA) is 42.1 Å². The second kappa shape index (κ2) is 2.20. The summed E-state index contributed by atoms with van der Waals surface area (Å²) in [5.41, 5.74) is 7.99. The van der Waals surface area contributed by atoms with Crippen LogP contribution >= 0.6 is 0 Å². The molecule has 0 unspecified atom stereocenters. The Labute approximate surface area is 65.8 Å². The molecule has 0 amide bonds. The zero-order valence-corrected chi connectivity index (χ0v) is 6.54. The van der Waals surface area contributed by atoms with Crippen LogP contribution in [0.2, 0.25) is 0 Å². The molecular formula is C8H11N3. The Kier molecular flexibility index (Phi) is 1.32. The van der Waals surface area contributed by atoms with E-state index in [1.165, 1.54) is 5.56 Å². The zero-order valence-electron chi connectivity index (χ0n) is 6.54. The van der Waals surface area contributed by atoms with Gasteiger partial charge >= 0.3 is 0 Å². The fourth-order valence-electron chi connectivity index (χ4n) is 1.43. The molecule has 2 heterocycles. The van der Waals surface area contributed by atoms with Crippen LogP contribution in [0.1, 0.15) is 11.3 Å². The average Bonchev–Trinajstić information content (AvgIpc) is 2.27. The van der Waals surface area contributed by atoms with Crippen LogP contribution in [0.4, 0.5) is 5.82 Å². The quantitative estimate of drug-likeness (QED) is 0.587. The van der Waals surface area contributed by atoms with E-state index in [-0.39, 0.29) is 0 Å². The van der Waals surface area contributed by atoms with Crippen molar-refractivity contribution in [2.75, 3.05) is 12.8 Å². The second-order valence-corrected chi connectivity index (χ2v) is 3.01. The first-order valence-corrected chi connectivity index (χ1v) is 3.68. The van der Waals surface area contributed by atoms with Crippen LogP contribution in [0.25, 0.3) is 0 Å². The lowest BCUT2D eigenvalue weighted by Crippen LogP contribution is -2.07. The van der Waals surface area contributed by atoms with E-state index in [4.69, 9.17) is 5.73 Å². The van der Waals surface area contributed by atoms with Crippen molar-refractivity contribution in [1.82, 2.24) is 9.88 Å². The SMILES string of the molecule is CN1Cc2ccc(N)nc2C1. The highest BCUT2D eigenvalue weighted by molar-refractivity contribution is 5.35. The van der Waals surface area contributed by atoms with Crippen LogP contribution in [0.3, 0.4) is 0 Å². The predicted octanol–water partition coefficient (Wildman–Crippen LogP) is 0.609. The minimum Gasteiger partial charge on any atom is -0.384 e. The lowest BCUT2D eigenvalue weighted by molar-refractivity contribution is 0.351. The molecule has 1 aliphatic heterocycles. The standard InChI is InChI=1S/C8H11N3/c1-11-4-6-2-3-8(9)10-7(6)5-11/h2-3H,4-5H2,1H3,(H2,9,10). The average molecular weight is 149 g/mol. The van der Waals surface area contributed by atoms with E-state index < -0.39 is 0 Å². The van der Waals surface area contributed by atoms with Crippen molar-refractivity contribution in [2.24, 2.45) is 0 Å². The third-order valence-electron chi connectivity index (χ3n) is 1.95. The molecule has 0 saturated carbocycles. The summed E-state index contributed by atoms with van der Waals surface area (Å²) >= 11 is 0. The van der Waals surface area contributed by atoms with E-state index in [0.717, 1.165) is 18.8 Å². The zero-order chi connectivity index (χ0) is 7.84. The third-order valence-corrected chi connectivity index (χ3v) is 1.95. The van der Waals surface area contributed by atoms with Gasteiger partial charge in [-0.05, 0) is 18.7 Å². The van der Waals surface area contributed by atoms with E-state index in [9.17, 15) is 0 Å². The van der Waals surface area contributed by atoms with Crippen molar-refractivity contribution >= 4 is 5.82 Å². The van der Waals surface area contributed by atoms with Gasteiger partial charge in [0.15, 0.2) is 0 Å². The van der Waals surface area contributed by atoms with Crippen molar-refractivity contribution < 1.29 is 0 Å². The molecule has 3 heteroatoms. The van der Waals surface area contributed by atoms with Crippen molar-refractivity contribution in [1.29, 1.82) is 0 Å². The van der Waals surface area contributed by atoms with Crippen molar-refractivity contribution in [3.8, 4) is 0 Å². The van der Waals surface area contributed by atoms with Crippen LogP contribution < -0.4 is 5.73 Å². The van der Waals surface area contributed by atoms with Gasteiger partial charge in [0.25, 0.3) is 0 Å². The van der Waals surface area contributed by atoms with Crippen LogP contribution in [0, 0.1) is 0 Å². The number of pyridine rings is 1. The maximum Gasteiger partial charge on any atom is 0.123 e. The molecular weight excluding hydrogens is 138 g/mol. The third kappa shape index (κ3) is 1.07. The maximum atomic E-state index is 5.55. The lowest BCUT2D eigenvalue weighted by atomic mass is 10.2. The highest BCUT2D eigenvalue weighted by atomic mass is 15.1. The summed E-state index contributed by atoms with van der Waals surface area (Å²) in [4.78, 5) is 6.46. The van der Waals surface area contributed by atoms with Gasteiger partial charge in [-0.25, -0.2) is 4.98 Å². The van der Waals surface area contributed by atoms with Gasteiger partial charge in [0, 0.05) is 13.1 Å². The van der Waals surface area contributed by atoms with Crippen LogP contribution in [-0.2, 0) is 13.1 Å². The van der Waals surface area contributed by atoms with E-state index >= 15 is 0 Å². The fourth-order valence-corrected chi connectivity index (χ4v) is 1.43. The molecule has 0 radical (unpaired) electrons. The molecule has 0 fully saturated rings. The van der Waals surface area contributed by atoms with Gasteiger partial charge in [0.1, 0.15) is 5.82 Å². The van der Waals surface area contributed by atoms with Gasteiger partial charge < -0.3 is 5.73 Å². The molecule has 0 bridgehead atoms. The van der Waals surface area contributed by atoms with Gasteiger partial charge in [0.05, 0.1) is 5.69 Å². The number of hydrogen-bond acceptors (Lipinski definition) is 3. The smallest absolute Gasteiger partial charge is 0.123 e. The monoisotopic (exact) mass is 149 g/mol. The van der Waals surface area contributed by atoms with E-state index in [2.05, 4.69) is 23.0 Å². The number of rotatable bonds is 0. The molecule has 0 atom stereocenters. The molecule has 3 nitrogen and oxygen atoms in total. The Hall–Kier alpha value is -1.09. The summed E-state index contributed by atoms with van der Waals surface area (Å²) in [6.07, 6.45) is 0. The Balaban J connectivity index is 2.43. The van der Waals surface area contributed by atoms with Crippen LogP contribution in [0.15, 0.2) is 12.1 Å². The Bertz CT molecular complexity index is 283. The first-order chi connectivity index (χ1) is 5.25. The first kappa shape index (κ1) is 6.61. The summed E-state index contributed by atoms with van der Waals surface area (Å²) in [6, 6.07) is 3.92. The molecule has 0 saturated heterocycles. The van der Waals surface area contributed by atoms with E-state index in [1.807, 2.05) is 6.07 Å². The number of nitrogens with two attached hydrogens (primary N) is 1. The van der Waals surface area contributed by atoms with Gasteiger partial charge in [-0.3, -0.25) is 4.90 Å². The summed E-state index contributed by atoms with van der Waals surface area (Å²) in [6.45, 7) is 1.93. The highest BCUT2D eigenvalue weighted by Crippen LogP contribution is 2.19. The van der Waals surface area contributed by atoms with Crippen molar-refractivity contribution in [3.63, 3.8) is 0 Å². The van der Waals surface area contributed by atoms with Crippen LogP contribution in [0.5, 0.6) is 0 Å². The number of anilines is 1. The molecule has 11 heavy (non-hydrogen) atoms. The van der Waals surface area contributed by atoms with E-state index in [0.29, 0.717) is 5.82 Å².